The third-order valence-corrected chi connectivity index (χ3v) is 5.25. The lowest BCUT2D eigenvalue weighted by Gasteiger charge is -2.28. The van der Waals surface area contributed by atoms with E-state index in [1.54, 1.807) is 27.7 Å². The molecular formula is C24H42Br2O12. The largest absolute Gasteiger partial charge is 0.463 e. The van der Waals surface area contributed by atoms with Gasteiger partial charge in [-0.05, 0) is 34.6 Å². The molecule has 0 aromatic heterocycles. The van der Waals surface area contributed by atoms with Crippen LogP contribution < -0.4 is 0 Å². The number of rotatable bonds is 22. The summed E-state index contributed by atoms with van der Waals surface area (Å²) in [5.74, 6) is -1.86. The molecule has 0 radical (unpaired) electrons. The van der Waals surface area contributed by atoms with Gasteiger partial charge in [-0.2, -0.15) is 0 Å². The Bertz CT molecular complexity index is 661. The number of aliphatic hydroxyl groups excluding tert-OH is 2. The minimum absolute atomic E-state index is 0.0497. The fourth-order valence-corrected chi connectivity index (χ4v) is 2.48. The molecule has 0 heterocycles. The van der Waals surface area contributed by atoms with E-state index in [1.165, 1.54) is 6.92 Å². The van der Waals surface area contributed by atoms with Gasteiger partial charge in [0.05, 0.1) is 59.5 Å². The number of esters is 3. The molecule has 0 fully saturated rings. The molecular weight excluding hydrogens is 640 g/mol. The molecule has 12 nitrogen and oxygen atoms in total. The lowest BCUT2D eigenvalue weighted by Crippen LogP contribution is -2.43. The first-order valence-electron chi connectivity index (χ1n) is 12.1. The van der Waals surface area contributed by atoms with Crippen molar-refractivity contribution in [2.45, 2.75) is 49.4 Å². The first kappa shape index (κ1) is 37.1. The van der Waals surface area contributed by atoms with Gasteiger partial charge >= 0.3 is 17.9 Å². The van der Waals surface area contributed by atoms with Crippen molar-refractivity contribution in [1.29, 1.82) is 0 Å². The molecule has 38 heavy (non-hydrogen) atoms. The quantitative estimate of drug-likeness (QED) is 0.0734. The minimum Gasteiger partial charge on any atom is -0.463 e. The van der Waals surface area contributed by atoms with Crippen LogP contribution in [0.3, 0.4) is 0 Å². The molecule has 0 aromatic rings. The monoisotopic (exact) mass is 680 g/mol. The minimum atomic E-state index is -1.42. The summed E-state index contributed by atoms with van der Waals surface area (Å²) in [6, 6.07) is 0. The van der Waals surface area contributed by atoms with Gasteiger partial charge in [0.15, 0.2) is 0 Å². The Morgan fingerprint density at radius 1 is 0.632 bits per heavy atom. The Morgan fingerprint density at radius 2 is 1.00 bits per heavy atom. The summed E-state index contributed by atoms with van der Waals surface area (Å²) >= 11 is 6.41. The van der Waals surface area contributed by atoms with Gasteiger partial charge in [-0.15, -0.1) is 0 Å². The van der Waals surface area contributed by atoms with E-state index < -0.39 is 38.1 Å². The summed E-state index contributed by atoms with van der Waals surface area (Å²) < 4.78 is 35.1. The predicted octanol–water partition coefficient (Wildman–Crippen LogP) is 1.39. The molecule has 0 aliphatic carbocycles. The van der Waals surface area contributed by atoms with E-state index in [9.17, 15) is 14.4 Å². The zero-order valence-electron chi connectivity index (χ0n) is 22.8. The van der Waals surface area contributed by atoms with Gasteiger partial charge in [-0.25, -0.2) is 0 Å². The molecule has 0 amide bonds. The summed E-state index contributed by atoms with van der Waals surface area (Å²) in [6.07, 6.45) is -0.890. The second kappa shape index (κ2) is 19.2. The lowest BCUT2D eigenvalue weighted by atomic mass is 9.93. The summed E-state index contributed by atoms with van der Waals surface area (Å²) in [7, 11) is 0. The van der Waals surface area contributed by atoms with Crippen molar-refractivity contribution >= 4 is 49.8 Å². The Balaban J connectivity index is 4.26. The molecule has 0 bridgehead atoms. The van der Waals surface area contributed by atoms with Crippen molar-refractivity contribution in [3.05, 3.63) is 0 Å². The van der Waals surface area contributed by atoms with Crippen LogP contribution in [0.25, 0.3) is 0 Å². The van der Waals surface area contributed by atoms with Crippen molar-refractivity contribution < 1.29 is 57.8 Å². The van der Waals surface area contributed by atoms with Crippen LogP contribution in [0.4, 0.5) is 0 Å². The van der Waals surface area contributed by atoms with Gasteiger partial charge in [0, 0.05) is 0 Å². The fraction of sp³-hybridized carbons (Fsp3) is 0.875. The molecule has 0 saturated carbocycles. The number of aliphatic hydroxyl groups is 2. The van der Waals surface area contributed by atoms with E-state index in [4.69, 9.17) is 43.4 Å². The second-order valence-corrected chi connectivity index (χ2v) is 13.5. The molecule has 14 heteroatoms. The Labute approximate surface area is 241 Å². The van der Waals surface area contributed by atoms with E-state index in [0.29, 0.717) is 33.0 Å². The highest BCUT2D eigenvalue weighted by atomic mass is 79.9. The zero-order chi connectivity index (χ0) is 29.2. The molecule has 224 valence electrons. The van der Waals surface area contributed by atoms with Crippen LogP contribution in [0.2, 0.25) is 0 Å². The van der Waals surface area contributed by atoms with E-state index in [-0.39, 0.29) is 46.2 Å². The maximum absolute atomic E-state index is 12.8. The summed E-state index contributed by atoms with van der Waals surface area (Å²) in [5.41, 5.74) is -1.42. The van der Waals surface area contributed by atoms with Crippen molar-refractivity contribution in [1.82, 2.24) is 0 Å². The van der Waals surface area contributed by atoms with Crippen LogP contribution in [-0.2, 0) is 47.5 Å². The highest BCUT2D eigenvalue weighted by Gasteiger charge is 2.41. The average molecular weight is 682 g/mol. The molecule has 0 spiro atoms. The molecule has 0 saturated heterocycles. The smallest absolute Gasteiger partial charge is 0.322 e. The number of hydrogen-bond acceptors (Lipinski definition) is 12. The van der Waals surface area contributed by atoms with Crippen molar-refractivity contribution in [2.75, 3.05) is 79.3 Å². The van der Waals surface area contributed by atoms with Crippen LogP contribution in [0.5, 0.6) is 0 Å². The standard InChI is InChI=1S/C24H42Br2O12/c1-22(2,25)19(29)37-16-24(5,17-38-20(30)23(3,4)26)21(31)36-13-12-34-9-8-32-6-7-33-10-11-35-15-18(28)14-27/h18,27-28H,6-17H2,1-5H3. The average Bonchev–Trinajstić information content (AvgIpc) is 2.84. The maximum atomic E-state index is 12.8. The molecule has 0 aromatic carbocycles. The topological polar surface area (TPSA) is 156 Å². The van der Waals surface area contributed by atoms with Gasteiger partial charge in [0.25, 0.3) is 0 Å². The molecule has 0 aliphatic rings. The predicted molar refractivity (Wildman–Crippen MR) is 143 cm³/mol. The number of halogens is 2. The SMILES string of the molecule is CC(C)(Br)C(=O)OCC(C)(COC(=O)C(C)(C)Br)C(=O)OCCOCCOCCOCCOCC(O)CO. The van der Waals surface area contributed by atoms with E-state index in [2.05, 4.69) is 31.9 Å². The van der Waals surface area contributed by atoms with Crippen molar-refractivity contribution in [3.8, 4) is 0 Å². The first-order valence-corrected chi connectivity index (χ1v) is 13.7. The molecule has 1 unspecified atom stereocenters. The van der Waals surface area contributed by atoms with E-state index in [1.807, 2.05) is 0 Å². The fourth-order valence-electron chi connectivity index (χ4n) is 2.25. The van der Waals surface area contributed by atoms with Crippen molar-refractivity contribution in [3.63, 3.8) is 0 Å². The zero-order valence-corrected chi connectivity index (χ0v) is 26.0. The number of carbonyl (C=O) groups excluding carboxylic acids is 3. The van der Waals surface area contributed by atoms with Crippen LogP contribution in [0.1, 0.15) is 34.6 Å². The van der Waals surface area contributed by atoms with Crippen LogP contribution >= 0.6 is 31.9 Å². The van der Waals surface area contributed by atoms with Gasteiger partial charge in [0.2, 0.25) is 0 Å². The number of alkyl halides is 2. The van der Waals surface area contributed by atoms with Crippen LogP contribution in [0, 0.1) is 5.41 Å². The number of ether oxygens (including phenoxy) is 7. The molecule has 1 atom stereocenters. The third kappa shape index (κ3) is 17.7. The van der Waals surface area contributed by atoms with Gasteiger partial charge in [-0.1, -0.05) is 31.9 Å². The van der Waals surface area contributed by atoms with Gasteiger partial charge in [-0.3, -0.25) is 14.4 Å². The third-order valence-electron chi connectivity index (χ3n) is 4.61. The summed E-state index contributed by atoms with van der Waals surface area (Å²) in [5, 5.41) is 17.8. The summed E-state index contributed by atoms with van der Waals surface area (Å²) in [4.78, 5) is 37.1. The van der Waals surface area contributed by atoms with Gasteiger partial charge < -0.3 is 43.4 Å². The van der Waals surface area contributed by atoms with Crippen molar-refractivity contribution in [2.24, 2.45) is 5.41 Å². The van der Waals surface area contributed by atoms with E-state index in [0.717, 1.165) is 0 Å². The Hall–Kier alpha value is -0.870. The first-order chi connectivity index (χ1) is 17.6. The van der Waals surface area contributed by atoms with Crippen LogP contribution in [-0.4, -0.2) is 122 Å². The van der Waals surface area contributed by atoms with Crippen LogP contribution in [0.15, 0.2) is 0 Å². The van der Waals surface area contributed by atoms with E-state index >= 15 is 0 Å². The number of hydrogen-bond donors (Lipinski definition) is 2. The summed E-state index contributed by atoms with van der Waals surface area (Å²) in [6.45, 7) is 8.91. The molecule has 0 aliphatic heterocycles. The molecule has 0 rings (SSSR count). The lowest BCUT2D eigenvalue weighted by molar-refractivity contribution is -0.172. The second-order valence-electron chi connectivity index (χ2n) is 9.54. The van der Waals surface area contributed by atoms with Gasteiger partial charge in [0.1, 0.15) is 40.0 Å². The normalized spacial score (nSPS) is 13.2. The highest BCUT2D eigenvalue weighted by Crippen LogP contribution is 2.25. The maximum Gasteiger partial charge on any atom is 0.322 e. The number of carbonyl (C=O) groups is 3. The Morgan fingerprint density at radius 3 is 1.37 bits per heavy atom. The highest BCUT2D eigenvalue weighted by molar-refractivity contribution is 9.10. The Kier molecular flexibility index (Phi) is 18.8. The molecule has 2 N–H and O–H groups in total.